The SMILES string of the molecule is N#Cc1ccccc1NC(=O)CSc1ncnc2c1cnn2-c1ccccc1. The minimum Gasteiger partial charge on any atom is -0.324 e. The number of nitrogens with zero attached hydrogens (tertiary/aromatic N) is 5. The average Bonchev–Trinajstić information content (AvgIpc) is 3.18. The van der Waals surface area contributed by atoms with Gasteiger partial charge in [-0.15, -0.1) is 0 Å². The molecule has 136 valence electrons. The summed E-state index contributed by atoms with van der Waals surface area (Å²) in [4.78, 5) is 20.9. The predicted octanol–water partition coefficient (Wildman–Crippen LogP) is 3.42. The zero-order valence-electron chi connectivity index (χ0n) is 14.6. The Balaban J connectivity index is 1.52. The molecule has 0 atom stereocenters. The van der Waals surface area contributed by atoms with Crippen molar-refractivity contribution in [2.45, 2.75) is 5.03 Å². The molecule has 0 aliphatic heterocycles. The summed E-state index contributed by atoms with van der Waals surface area (Å²) in [7, 11) is 0. The summed E-state index contributed by atoms with van der Waals surface area (Å²) in [5.74, 6) is -0.0579. The summed E-state index contributed by atoms with van der Waals surface area (Å²) < 4.78 is 1.74. The van der Waals surface area contributed by atoms with Crippen molar-refractivity contribution < 1.29 is 4.79 Å². The van der Waals surface area contributed by atoms with Crippen molar-refractivity contribution in [3.63, 3.8) is 0 Å². The number of thioether (sulfide) groups is 1. The summed E-state index contributed by atoms with van der Waals surface area (Å²) in [6.07, 6.45) is 3.17. The van der Waals surface area contributed by atoms with Crippen LogP contribution in [0.5, 0.6) is 0 Å². The van der Waals surface area contributed by atoms with Gasteiger partial charge in [0.2, 0.25) is 5.91 Å². The first-order valence-corrected chi connectivity index (χ1v) is 9.41. The lowest BCUT2D eigenvalue weighted by atomic mass is 10.2. The molecule has 28 heavy (non-hydrogen) atoms. The number of benzene rings is 2. The normalized spacial score (nSPS) is 10.5. The average molecular weight is 386 g/mol. The van der Waals surface area contributed by atoms with E-state index in [1.807, 2.05) is 30.3 Å². The third-order valence-corrected chi connectivity index (χ3v) is 5.00. The molecule has 7 nitrogen and oxygen atoms in total. The quantitative estimate of drug-likeness (QED) is 0.417. The number of carbonyl (C=O) groups is 1. The third kappa shape index (κ3) is 3.56. The van der Waals surface area contributed by atoms with Gasteiger partial charge < -0.3 is 5.32 Å². The molecule has 0 saturated heterocycles. The minimum absolute atomic E-state index is 0.155. The Labute approximate surface area is 165 Å². The molecule has 2 aromatic heterocycles. The highest BCUT2D eigenvalue weighted by atomic mass is 32.2. The zero-order chi connectivity index (χ0) is 19.3. The number of nitriles is 1. The maximum absolute atomic E-state index is 12.3. The van der Waals surface area contributed by atoms with Gasteiger partial charge in [-0.25, -0.2) is 14.6 Å². The highest BCUT2D eigenvalue weighted by Gasteiger charge is 2.13. The van der Waals surface area contributed by atoms with Crippen molar-refractivity contribution >= 4 is 34.4 Å². The van der Waals surface area contributed by atoms with E-state index in [-0.39, 0.29) is 11.7 Å². The number of amides is 1. The van der Waals surface area contributed by atoms with Crippen molar-refractivity contribution in [1.29, 1.82) is 5.26 Å². The largest absolute Gasteiger partial charge is 0.324 e. The van der Waals surface area contributed by atoms with E-state index in [2.05, 4.69) is 26.5 Å². The summed E-state index contributed by atoms with van der Waals surface area (Å²) in [6.45, 7) is 0. The van der Waals surface area contributed by atoms with Crippen molar-refractivity contribution in [2.24, 2.45) is 0 Å². The number of para-hydroxylation sites is 2. The van der Waals surface area contributed by atoms with Crippen LogP contribution in [-0.2, 0) is 4.79 Å². The van der Waals surface area contributed by atoms with E-state index in [4.69, 9.17) is 5.26 Å². The highest BCUT2D eigenvalue weighted by molar-refractivity contribution is 8.00. The second-order valence-electron chi connectivity index (χ2n) is 5.80. The summed E-state index contributed by atoms with van der Waals surface area (Å²) in [5.41, 5.74) is 2.51. The first-order chi connectivity index (χ1) is 13.8. The zero-order valence-corrected chi connectivity index (χ0v) is 15.4. The highest BCUT2D eigenvalue weighted by Crippen LogP contribution is 2.26. The molecular weight excluding hydrogens is 372 g/mol. The Morgan fingerprint density at radius 1 is 1.11 bits per heavy atom. The van der Waals surface area contributed by atoms with E-state index < -0.39 is 0 Å². The van der Waals surface area contributed by atoms with Gasteiger partial charge in [0.1, 0.15) is 17.4 Å². The van der Waals surface area contributed by atoms with Crippen LogP contribution < -0.4 is 5.32 Å². The number of fused-ring (bicyclic) bond motifs is 1. The van der Waals surface area contributed by atoms with Gasteiger partial charge >= 0.3 is 0 Å². The van der Waals surface area contributed by atoms with Gasteiger partial charge in [-0.1, -0.05) is 42.1 Å². The fourth-order valence-corrected chi connectivity index (χ4v) is 3.47. The fourth-order valence-electron chi connectivity index (χ4n) is 2.71. The molecule has 0 fully saturated rings. The summed E-state index contributed by atoms with van der Waals surface area (Å²) in [6, 6.07) is 18.7. The molecule has 2 heterocycles. The van der Waals surface area contributed by atoms with Gasteiger partial charge in [0, 0.05) is 0 Å². The Hall–Kier alpha value is -3.70. The molecule has 0 saturated carbocycles. The maximum Gasteiger partial charge on any atom is 0.234 e. The Kier molecular flexibility index (Phi) is 4.99. The molecule has 0 bridgehead atoms. The van der Waals surface area contributed by atoms with Crippen molar-refractivity contribution in [3.05, 3.63) is 72.7 Å². The molecule has 2 aromatic carbocycles. The lowest BCUT2D eigenvalue weighted by Crippen LogP contribution is -2.15. The molecule has 0 aliphatic rings. The summed E-state index contributed by atoms with van der Waals surface area (Å²) in [5, 5.41) is 17.7. The predicted molar refractivity (Wildman–Crippen MR) is 107 cm³/mol. The van der Waals surface area contributed by atoms with Gasteiger partial charge in [-0.2, -0.15) is 10.4 Å². The van der Waals surface area contributed by atoms with Crippen LogP contribution in [0, 0.1) is 11.3 Å². The van der Waals surface area contributed by atoms with Crippen LogP contribution in [-0.4, -0.2) is 31.4 Å². The number of anilines is 1. The number of hydrogen-bond donors (Lipinski definition) is 1. The van der Waals surface area contributed by atoms with Crippen LogP contribution in [0.25, 0.3) is 16.7 Å². The third-order valence-electron chi connectivity index (χ3n) is 3.99. The molecular formula is C20H14N6OS. The van der Waals surface area contributed by atoms with Gasteiger partial charge in [-0.05, 0) is 24.3 Å². The van der Waals surface area contributed by atoms with E-state index in [1.54, 1.807) is 35.1 Å². The van der Waals surface area contributed by atoms with Crippen molar-refractivity contribution in [3.8, 4) is 11.8 Å². The molecule has 8 heteroatoms. The lowest BCUT2D eigenvalue weighted by molar-refractivity contribution is -0.113. The van der Waals surface area contributed by atoms with E-state index in [0.29, 0.717) is 21.9 Å². The minimum atomic E-state index is -0.213. The van der Waals surface area contributed by atoms with Gasteiger partial charge in [0.25, 0.3) is 0 Å². The second kappa shape index (κ2) is 7.90. The molecule has 0 spiro atoms. The smallest absolute Gasteiger partial charge is 0.234 e. The van der Waals surface area contributed by atoms with Crippen LogP contribution >= 0.6 is 11.8 Å². The van der Waals surface area contributed by atoms with Gasteiger partial charge in [-0.3, -0.25) is 4.79 Å². The Bertz CT molecular complexity index is 1180. The van der Waals surface area contributed by atoms with Crippen LogP contribution in [0.4, 0.5) is 5.69 Å². The van der Waals surface area contributed by atoms with E-state index in [0.717, 1.165) is 11.1 Å². The number of rotatable bonds is 5. The monoisotopic (exact) mass is 386 g/mol. The van der Waals surface area contributed by atoms with Gasteiger partial charge in [0.15, 0.2) is 5.65 Å². The number of aromatic nitrogens is 4. The van der Waals surface area contributed by atoms with E-state index in [9.17, 15) is 4.79 Å². The molecule has 1 amide bonds. The van der Waals surface area contributed by atoms with Crippen LogP contribution in [0.2, 0.25) is 0 Å². The van der Waals surface area contributed by atoms with Crippen LogP contribution in [0.1, 0.15) is 5.56 Å². The maximum atomic E-state index is 12.3. The molecule has 4 rings (SSSR count). The molecule has 0 aliphatic carbocycles. The number of hydrogen-bond acceptors (Lipinski definition) is 6. The summed E-state index contributed by atoms with van der Waals surface area (Å²) >= 11 is 1.30. The van der Waals surface area contributed by atoms with E-state index in [1.165, 1.54) is 18.1 Å². The fraction of sp³-hybridized carbons (Fsp3) is 0.0500. The molecule has 0 radical (unpaired) electrons. The first-order valence-electron chi connectivity index (χ1n) is 8.42. The van der Waals surface area contributed by atoms with Crippen LogP contribution in [0.3, 0.4) is 0 Å². The van der Waals surface area contributed by atoms with E-state index >= 15 is 0 Å². The van der Waals surface area contributed by atoms with Crippen molar-refractivity contribution in [2.75, 3.05) is 11.1 Å². The molecule has 1 N–H and O–H groups in total. The standard InChI is InChI=1S/C20H14N6OS/c21-10-14-6-4-5-9-17(14)25-18(27)12-28-20-16-11-24-26(19(16)22-13-23-20)15-7-2-1-3-8-15/h1-9,11,13H,12H2,(H,25,27). The molecule has 0 unspecified atom stereocenters. The lowest BCUT2D eigenvalue weighted by Gasteiger charge is -2.07. The van der Waals surface area contributed by atoms with Gasteiger partial charge in [0.05, 0.1) is 34.3 Å². The molecule has 4 aromatic rings. The second-order valence-corrected chi connectivity index (χ2v) is 6.77. The Morgan fingerprint density at radius 3 is 2.71 bits per heavy atom. The topological polar surface area (TPSA) is 96.5 Å². The number of nitrogens with one attached hydrogen (secondary N) is 1. The van der Waals surface area contributed by atoms with Crippen molar-refractivity contribution in [1.82, 2.24) is 19.7 Å². The first kappa shape index (κ1) is 17.7. The van der Waals surface area contributed by atoms with Crippen LogP contribution in [0.15, 0.2) is 72.1 Å². The number of carbonyl (C=O) groups excluding carboxylic acids is 1. The Morgan fingerprint density at radius 2 is 1.89 bits per heavy atom.